The van der Waals surface area contributed by atoms with E-state index >= 15 is 0 Å². The summed E-state index contributed by atoms with van der Waals surface area (Å²) in [6.45, 7) is 3.57. The molecule has 6 nitrogen and oxygen atoms in total. The first-order valence-corrected chi connectivity index (χ1v) is 12.0. The number of benzene rings is 1. The van der Waals surface area contributed by atoms with Crippen LogP contribution in [0.25, 0.3) is 10.7 Å². The molecular formula is C22H26N4O2S2. The predicted molar refractivity (Wildman–Crippen MR) is 121 cm³/mol. The minimum atomic E-state index is 0.0192. The fourth-order valence-electron chi connectivity index (χ4n) is 3.54. The smallest absolute Gasteiger partial charge is 0.233 e. The first-order valence-electron chi connectivity index (χ1n) is 10.2. The number of hydrogen-bond acceptors (Lipinski definition) is 6. The SMILES string of the molecule is C[C@H](c1ccccc1)N(C)C(=O)CSc1nnc(-c2cccs2)n1C[C@@H]1CCCO1. The number of thioether (sulfide) groups is 1. The van der Waals surface area contributed by atoms with Crippen molar-refractivity contribution in [3.8, 4) is 10.7 Å². The molecule has 2 aromatic heterocycles. The summed E-state index contributed by atoms with van der Waals surface area (Å²) in [5.74, 6) is 1.24. The van der Waals surface area contributed by atoms with E-state index in [0.29, 0.717) is 12.3 Å². The zero-order valence-electron chi connectivity index (χ0n) is 17.2. The molecule has 1 amide bonds. The van der Waals surface area contributed by atoms with Crippen LogP contribution in [0.15, 0.2) is 53.0 Å². The third kappa shape index (κ3) is 4.77. The van der Waals surface area contributed by atoms with Gasteiger partial charge in [-0.1, -0.05) is 48.2 Å². The fourth-order valence-corrected chi connectivity index (χ4v) is 5.13. The molecular weight excluding hydrogens is 416 g/mol. The quantitative estimate of drug-likeness (QED) is 0.481. The molecule has 4 rings (SSSR count). The zero-order chi connectivity index (χ0) is 20.9. The Hall–Kier alpha value is -2.16. The number of carbonyl (C=O) groups excluding carboxylic acids is 1. The number of nitrogens with zero attached hydrogens (tertiary/aromatic N) is 4. The summed E-state index contributed by atoms with van der Waals surface area (Å²) in [4.78, 5) is 15.7. The molecule has 0 aliphatic carbocycles. The van der Waals surface area contributed by atoms with Crippen molar-refractivity contribution in [2.45, 2.75) is 43.6 Å². The van der Waals surface area contributed by atoms with Crippen LogP contribution in [0.3, 0.4) is 0 Å². The van der Waals surface area contributed by atoms with Gasteiger partial charge in [0.1, 0.15) is 0 Å². The highest BCUT2D eigenvalue weighted by atomic mass is 32.2. The average Bonchev–Trinajstić information content (AvgIpc) is 3.54. The molecule has 1 saturated heterocycles. The molecule has 0 bridgehead atoms. The monoisotopic (exact) mass is 442 g/mol. The highest BCUT2D eigenvalue weighted by Crippen LogP contribution is 2.29. The highest BCUT2D eigenvalue weighted by molar-refractivity contribution is 7.99. The Morgan fingerprint density at radius 3 is 2.83 bits per heavy atom. The fraction of sp³-hybridized carbons (Fsp3) is 0.409. The molecule has 1 fully saturated rings. The molecule has 1 aromatic carbocycles. The van der Waals surface area contributed by atoms with Gasteiger partial charge in [-0.05, 0) is 36.8 Å². The third-order valence-corrected chi connectivity index (χ3v) is 7.27. The van der Waals surface area contributed by atoms with Crippen LogP contribution in [0.4, 0.5) is 0 Å². The minimum Gasteiger partial charge on any atom is -0.376 e. The first kappa shape index (κ1) is 21.1. The second-order valence-electron chi connectivity index (χ2n) is 7.41. The van der Waals surface area contributed by atoms with E-state index in [4.69, 9.17) is 4.74 Å². The molecule has 2 atom stereocenters. The van der Waals surface area contributed by atoms with Crippen molar-refractivity contribution in [1.29, 1.82) is 0 Å². The van der Waals surface area contributed by atoms with Gasteiger partial charge in [0, 0.05) is 13.7 Å². The molecule has 1 aliphatic rings. The number of hydrogen-bond donors (Lipinski definition) is 0. The van der Waals surface area contributed by atoms with Crippen LogP contribution in [0.5, 0.6) is 0 Å². The van der Waals surface area contributed by atoms with Crippen LogP contribution in [0, 0.1) is 0 Å². The Labute approximate surface area is 185 Å². The predicted octanol–water partition coefficient (Wildman–Crippen LogP) is 4.50. The number of aromatic nitrogens is 3. The van der Waals surface area contributed by atoms with Gasteiger partial charge < -0.3 is 9.64 Å². The molecule has 30 heavy (non-hydrogen) atoms. The third-order valence-electron chi connectivity index (χ3n) is 5.45. The van der Waals surface area contributed by atoms with E-state index in [-0.39, 0.29) is 18.1 Å². The van der Waals surface area contributed by atoms with Crippen molar-refractivity contribution >= 4 is 29.0 Å². The number of rotatable bonds is 8. The second kappa shape index (κ2) is 9.76. The van der Waals surface area contributed by atoms with Gasteiger partial charge in [0.15, 0.2) is 11.0 Å². The standard InChI is InChI=1S/C22H26N4O2S2/c1-16(17-8-4-3-5-9-17)25(2)20(27)15-30-22-24-23-21(19-11-7-13-29-19)26(22)14-18-10-6-12-28-18/h3-5,7-9,11,13,16,18H,6,10,12,14-15H2,1-2H3/t16-,18+/m1/s1. The van der Waals surface area contributed by atoms with E-state index in [1.54, 1.807) is 16.2 Å². The Bertz CT molecular complexity index is 953. The summed E-state index contributed by atoms with van der Waals surface area (Å²) in [7, 11) is 1.86. The minimum absolute atomic E-state index is 0.0192. The van der Waals surface area contributed by atoms with Gasteiger partial charge in [-0.15, -0.1) is 21.5 Å². The molecule has 8 heteroatoms. The van der Waals surface area contributed by atoms with Crippen LogP contribution in [0.1, 0.15) is 31.4 Å². The van der Waals surface area contributed by atoms with Gasteiger partial charge in [0.05, 0.1) is 29.3 Å². The lowest BCUT2D eigenvalue weighted by Crippen LogP contribution is -2.31. The van der Waals surface area contributed by atoms with Gasteiger partial charge >= 0.3 is 0 Å². The van der Waals surface area contributed by atoms with Crippen LogP contribution in [-0.4, -0.2) is 51.1 Å². The number of carbonyl (C=O) groups is 1. The lowest BCUT2D eigenvalue weighted by atomic mass is 10.1. The molecule has 158 valence electrons. The van der Waals surface area contributed by atoms with Gasteiger partial charge in [-0.2, -0.15) is 0 Å². The van der Waals surface area contributed by atoms with E-state index in [1.807, 2.05) is 55.7 Å². The Morgan fingerprint density at radius 2 is 2.13 bits per heavy atom. The summed E-state index contributed by atoms with van der Waals surface area (Å²) in [5, 5.41) is 11.6. The van der Waals surface area contributed by atoms with Gasteiger partial charge in [0.2, 0.25) is 5.91 Å². The summed E-state index contributed by atoms with van der Waals surface area (Å²) in [5.41, 5.74) is 1.12. The molecule has 0 spiro atoms. The maximum atomic E-state index is 12.8. The summed E-state index contributed by atoms with van der Waals surface area (Å²) >= 11 is 3.09. The molecule has 3 heterocycles. The first-order chi connectivity index (χ1) is 14.6. The maximum absolute atomic E-state index is 12.8. The van der Waals surface area contributed by atoms with Gasteiger partial charge in [-0.3, -0.25) is 9.36 Å². The molecule has 0 N–H and O–H groups in total. The Morgan fingerprint density at radius 1 is 1.30 bits per heavy atom. The van der Waals surface area contributed by atoms with E-state index in [9.17, 15) is 4.79 Å². The maximum Gasteiger partial charge on any atom is 0.233 e. The number of amides is 1. The van der Waals surface area contributed by atoms with Gasteiger partial charge in [0.25, 0.3) is 0 Å². The molecule has 1 aliphatic heterocycles. The van der Waals surface area contributed by atoms with Gasteiger partial charge in [-0.25, -0.2) is 0 Å². The largest absolute Gasteiger partial charge is 0.376 e. The average molecular weight is 443 g/mol. The van der Waals surface area contributed by atoms with Crippen LogP contribution in [-0.2, 0) is 16.1 Å². The molecule has 3 aromatic rings. The number of thiophene rings is 1. The topological polar surface area (TPSA) is 60.2 Å². The number of ether oxygens (including phenoxy) is 1. The molecule has 0 saturated carbocycles. The van der Waals surface area contributed by atoms with Crippen molar-refractivity contribution in [3.05, 3.63) is 53.4 Å². The summed E-state index contributed by atoms with van der Waals surface area (Å²) < 4.78 is 7.95. The second-order valence-corrected chi connectivity index (χ2v) is 9.30. The lowest BCUT2D eigenvalue weighted by Gasteiger charge is -2.25. The van der Waals surface area contributed by atoms with Crippen molar-refractivity contribution in [2.75, 3.05) is 19.4 Å². The summed E-state index contributed by atoms with van der Waals surface area (Å²) in [6, 6.07) is 14.2. The van der Waals surface area contributed by atoms with Crippen molar-refractivity contribution < 1.29 is 9.53 Å². The summed E-state index contributed by atoms with van der Waals surface area (Å²) in [6.07, 6.45) is 2.31. The van der Waals surface area contributed by atoms with Crippen LogP contribution < -0.4 is 0 Å². The lowest BCUT2D eigenvalue weighted by molar-refractivity contribution is -0.128. The Kier molecular flexibility index (Phi) is 6.86. The van der Waals surface area contributed by atoms with Crippen LogP contribution >= 0.6 is 23.1 Å². The van der Waals surface area contributed by atoms with Crippen molar-refractivity contribution in [2.24, 2.45) is 0 Å². The van der Waals surface area contributed by atoms with E-state index in [1.165, 1.54) is 11.8 Å². The van der Waals surface area contributed by atoms with Crippen molar-refractivity contribution in [3.63, 3.8) is 0 Å². The van der Waals surface area contributed by atoms with E-state index < -0.39 is 0 Å². The Balaban J connectivity index is 1.46. The normalized spacial score (nSPS) is 17.2. The zero-order valence-corrected chi connectivity index (χ0v) is 18.9. The van der Waals surface area contributed by atoms with E-state index in [2.05, 4.69) is 20.8 Å². The van der Waals surface area contributed by atoms with E-state index in [0.717, 1.165) is 40.9 Å². The highest BCUT2D eigenvalue weighted by Gasteiger charge is 2.24. The molecule has 0 radical (unpaired) electrons. The van der Waals surface area contributed by atoms with Crippen LogP contribution in [0.2, 0.25) is 0 Å². The molecule has 0 unspecified atom stereocenters. The van der Waals surface area contributed by atoms with Crippen molar-refractivity contribution in [1.82, 2.24) is 19.7 Å².